The van der Waals surface area contributed by atoms with Gasteiger partial charge in [0.15, 0.2) is 28.9 Å². The summed E-state index contributed by atoms with van der Waals surface area (Å²) in [5.74, 6) is 0.645. The van der Waals surface area contributed by atoms with E-state index >= 15 is 4.39 Å². The van der Waals surface area contributed by atoms with Crippen LogP contribution in [0.3, 0.4) is 0 Å². The summed E-state index contributed by atoms with van der Waals surface area (Å²) in [5.41, 5.74) is 4.59. The number of anilines is 2. The van der Waals surface area contributed by atoms with Gasteiger partial charge in [-0.3, -0.25) is 4.57 Å². The third-order valence-electron chi connectivity index (χ3n) is 5.53. The quantitative estimate of drug-likeness (QED) is 0.710. The number of nitrogens with zero attached hydrogens (tertiary/aromatic N) is 5. The van der Waals surface area contributed by atoms with Crippen molar-refractivity contribution >= 4 is 22.9 Å². The maximum atomic E-state index is 15.1. The highest BCUT2D eigenvalue weighted by Gasteiger charge is 2.55. The van der Waals surface area contributed by atoms with Gasteiger partial charge in [0, 0.05) is 13.1 Å². The Bertz CT molecular complexity index is 824. The first-order valence-corrected chi connectivity index (χ1v) is 8.70. The molecule has 2 aromatic rings. The second-order valence-electron chi connectivity index (χ2n) is 7.23. The third kappa shape index (κ3) is 2.43. The standard InChI is InChI=1S/C16H23FN6O3/c1-16(17)11(25)9(6-24)26-14(16)23-7-19-10-12(20-15(18)21-13(10)23)22(2)8-4-3-5-8/h7-9,11,14,24-25H,3-6H2,1-2H3,(H2,18,20,21)/t9?,11-,14-,16-/m1/s1. The minimum absolute atomic E-state index is 0.0539. The second kappa shape index (κ2) is 6.00. The number of rotatable bonds is 4. The van der Waals surface area contributed by atoms with E-state index in [0.717, 1.165) is 12.8 Å². The number of nitrogen functional groups attached to an aromatic ring is 1. The number of alkyl halides is 1. The van der Waals surface area contributed by atoms with Crippen molar-refractivity contribution in [3.8, 4) is 0 Å². The highest BCUT2D eigenvalue weighted by molar-refractivity contribution is 5.85. The normalized spacial score (nSPS) is 32.1. The van der Waals surface area contributed by atoms with Crippen LogP contribution in [0.1, 0.15) is 32.4 Å². The van der Waals surface area contributed by atoms with E-state index in [9.17, 15) is 10.2 Å². The first-order valence-electron chi connectivity index (χ1n) is 8.70. The van der Waals surface area contributed by atoms with E-state index in [2.05, 4.69) is 15.0 Å². The molecule has 2 aliphatic rings. The number of halogens is 1. The second-order valence-corrected chi connectivity index (χ2v) is 7.23. The fourth-order valence-corrected chi connectivity index (χ4v) is 3.65. The molecule has 4 N–H and O–H groups in total. The van der Waals surface area contributed by atoms with Gasteiger partial charge in [-0.1, -0.05) is 0 Å². The van der Waals surface area contributed by atoms with Crippen LogP contribution in [0.4, 0.5) is 16.2 Å². The number of hydrogen-bond donors (Lipinski definition) is 3. The van der Waals surface area contributed by atoms with Crippen LogP contribution >= 0.6 is 0 Å². The lowest BCUT2D eigenvalue weighted by Gasteiger charge is -2.35. The predicted octanol–water partition coefficient (Wildman–Crippen LogP) is 0.376. The van der Waals surface area contributed by atoms with Gasteiger partial charge in [-0.15, -0.1) is 0 Å². The van der Waals surface area contributed by atoms with Crippen molar-refractivity contribution < 1.29 is 19.3 Å². The van der Waals surface area contributed by atoms with E-state index < -0.39 is 30.7 Å². The molecule has 4 rings (SSSR count). The highest BCUT2D eigenvalue weighted by Crippen LogP contribution is 2.43. The predicted molar refractivity (Wildman–Crippen MR) is 92.3 cm³/mol. The molecule has 10 heteroatoms. The van der Waals surface area contributed by atoms with Gasteiger partial charge in [0.2, 0.25) is 5.95 Å². The summed E-state index contributed by atoms with van der Waals surface area (Å²) in [4.78, 5) is 14.9. The van der Waals surface area contributed by atoms with Crippen molar-refractivity contribution in [3.63, 3.8) is 0 Å². The molecule has 0 spiro atoms. The Morgan fingerprint density at radius 3 is 2.77 bits per heavy atom. The van der Waals surface area contributed by atoms with Gasteiger partial charge in [0.1, 0.15) is 12.2 Å². The van der Waals surface area contributed by atoms with Gasteiger partial charge in [0.25, 0.3) is 0 Å². The van der Waals surface area contributed by atoms with Crippen LogP contribution in [0.15, 0.2) is 6.33 Å². The Kier molecular flexibility index (Phi) is 4.01. The number of imidazole rings is 1. The molecule has 1 saturated heterocycles. The molecule has 2 aromatic heterocycles. The van der Waals surface area contributed by atoms with E-state index in [4.69, 9.17) is 10.5 Å². The number of aliphatic hydroxyl groups excluding tert-OH is 2. The summed E-state index contributed by atoms with van der Waals surface area (Å²) in [6, 6.07) is 0.368. The minimum Gasteiger partial charge on any atom is -0.394 e. The molecule has 142 valence electrons. The first kappa shape index (κ1) is 17.4. The zero-order valence-electron chi connectivity index (χ0n) is 14.7. The summed E-state index contributed by atoms with van der Waals surface area (Å²) < 4.78 is 22.1. The monoisotopic (exact) mass is 366 g/mol. The molecule has 3 heterocycles. The number of fused-ring (bicyclic) bond motifs is 1. The average Bonchev–Trinajstić information content (AvgIpc) is 3.04. The molecule has 1 unspecified atom stereocenters. The lowest BCUT2D eigenvalue weighted by atomic mass is 9.92. The number of hydrogen-bond acceptors (Lipinski definition) is 8. The fraction of sp³-hybridized carbons (Fsp3) is 0.688. The van der Waals surface area contributed by atoms with Gasteiger partial charge in [-0.25, -0.2) is 9.37 Å². The molecule has 1 aliphatic carbocycles. The highest BCUT2D eigenvalue weighted by atomic mass is 19.1. The van der Waals surface area contributed by atoms with Gasteiger partial charge >= 0.3 is 0 Å². The van der Waals surface area contributed by atoms with Crippen molar-refractivity contribution in [1.29, 1.82) is 0 Å². The maximum absolute atomic E-state index is 15.1. The SMILES string of the molecule is CN(c1nc(N)nc2c1ncn2[C@@H]1OC(CO)[C@@H](O)[C@@]1(C)F)C1CCC1. The van der Waals surface area contributed by atoms with Crippen LogP contribution in [0.5, 0.6) is 0 Å². The number of nitrogens with two attached hydrogens (primary N) is 1. The van der Waals surface area contributed by atoms with Crippen molar-refractivity contribution in [2.75, 3.05) is 24.3 Å². The van der Waals surface area contributed by atoms with Crippen molar-refractivity contribution in [3.05, 3.63) is 6.33 Å². The lowest BCUT2D eigenvalue weighted by Crippen LogP contribution is -2.40. The van der Waals surface area contributed by atoms with E-state index in [1.807, 2.05) is 11.9 Å². The molecule has 0 aromatic carbocycles. The smallest absolute Gasteiger partial charge is 0.224 e. The molecule has 26 heavy (non-hydrogen) atoms. The van der Waals surface area contributed by atoms with Gasteiger partial charge in [-0.05, 0) is 26.2 Å². The molecule has 0 radical (unpaired) electrons. The summed E-state index contributed by atoms with van der Waals surface area (Å²) in [5, 5.41) is 19.4. The van der Waals surface area contributed by atoms with Crippen LogP contribution in [-0.2, 0) is 4.74 Å². The van der Waals surface area contributed by atoms with Crippen molar-refractivity contribution in [2.24, 2.45) is 0 Å². The van der Waals surface area contributed by atoms with E-state index in [1.165, 1.54) is 24.2 Å². The third-order valence-corrected chi connectivity index (χ3v) is 5.53. The fourth-order valence-electron chi connectivity index (χ4n) is 3.65. The molecule has 1 saturated carbocycles. The lowest BCUT2D eigenvalue weighted by molar-refractivity contribution is -0.0566. The van der Waals surface area contributed by atoms with Crippen molar-refractivity contribution in [1.82, 2.24) is 19.5 Å². The average molecular weight is 366 g/mol. The molecule has 0 amide bonds. The summed E-state index contributed by atoms with van der Waals surface area (Å²) in [7, 11) is 1.93. The molecule has 0 bridgehead atoms. The van der Waals surface area contributed by atoms with Crippen LogP contribution in [-0.4, -0.2) is 67.3 Å². The summed E-state index contributed by atoms with van der Waals surface area (Å²) >= 11 is 0. The Labute approximate surface area is 149 Å². The molecule has 2 fully saturated rings. The topological polar surface area (TPSA) is 123 Å². The van der Waals surface area contributed by atoms with Crippen LogP contribution < -0.4 is 10.6 Å². The number of aliphatic hydroxyl groups is 2. The Morgan fingerprint density at radius 1 is 1.46 bits per heavy atom. The van der Waals surface area contributed by atoms with E-state index in [0.29, 0.717) is 23.0 Å². The Balaban J connectivity index is 1.79. The summed E-state index contributed by atoms with van der Waals surface area (Å²) in [6.07, 6.45) is 1.05. The van der Waals surface area contributed by atoms with E-state index in [-0.39, 0.29) is 5.95 Å². The van der Waals surface area contributed by atoms with Gasteiger partial charge in [-0.2, -0.15) is 9.97 Å². The van der Waals surface area contributed by atoms with Crippen LogP contribution in [0, 0.1) is 0 Å². The molecule has 4 atom stereocenters. The number of aromatic nitrogens is 4. The zero-order valence-corrected chi connectivity index (χ0v) is 14.7. The number of ether oxygens (including phenoxy) is 1. The molecular formula is C16H23FN6O3. The van der Waals surface area contributed by atoms with Crippen LogP contribution in [0.2, 0.25) is 0 Å². The zero-order chi connectivity index (χ0) is 18.6. The Hall–Kier alpha value is -2.04. The largest absolute Gasteiger partial charge is 0.394 e. The Morgan fingerprint density at radius 2 is 2.19 bits per heavy atom. The molecular weight excluding hydrogens is 343 g/mol. The van der Waals surface area contributed by atoms with Crippen LogP contribution in [0.25, 0.3) is 11.2 Å². The maximum Gasteiger partial charge on any atom is 0.224 e. The van der Waals surface area contributed by atoms with Gasteiger partial charge in [0.05, 0.1) is 12.9 Å². The van der Waals surface area contributed by atoms with Gasteiger partial charge < -0.3 is 25.6 Å². The van der Waals surface area contributed by atoms with E-state index in [1.54, 1.807) is 0 Å². The van der Waals surface area contributed by atoms with Crippen molar-refractivity contribution in [2.45, 2.75) is 56.3 Å². The summed E-state index contributed by atoms with van der Waals surface area (Å²) in [6.45, 7) is 0.742. The first-order chi connectivity index (χ1) is 12.3. The minimum atomic E-state index is -2.12. The molecule has 1 aliphatic heterocycles. The molecule has 9 nitrogen and oxygen atoms in total.